The van der Waals surface area contributed by atoms with Crippen LogP contribution < -0.4 is 20.1 Å². The summed E-state index contributed by atoms with van der Waals surface area (Å²) in [6, 6.07) is 6.91. The quantitative estimate of drug-likeness (QED) is 0.742. The predicted octanol–water partition coefficient (Wildman–Crippen LogP) is 2.15. The lowest BCUT2D eigenvalue weighted by molar-refractivity contribution is -0.120. The highest BCUT2D eigenvalue weighted by Gasteiger charge is 2.14. The monoisotopic (exact) mass is 371 g/mol. The smallest absolute Gasteiger partial charge is 0.255 e. The number of hydrogen-bond donors (Lipinski definition) is 2. The molecule has 0 aliphatic rings. The van der Waals surface area contributed by atoms with Gasteiger partial charge in [-0.05, 0) is 32.9 Å². The van der Waals surface area contributed by atoms with Gasteiger partial charge in [0.25, 0.3) is 5.91 Å². The maximum Gasteiger partial charge on any atom is 0.255 e. The fourth-order valence-corrected chi connectivity index (χ4v) is 2.69. The molecule has 2 rings (SSSR count). The van der Waals surface area contributed by atoms with Gasteiger partial charge in [0.15, 0.2) is 0 Å². The number of aromatic nitrogens is 1. The summed E-state index contributed by atoms with van der Waals surface area (Å²) in [6.45, 7) is 6.23. The average molecular weight is 371 g/mol. The molecule has 144 valence electrons. The second-order valence-electron chi connectivity index (χ2n) is 5.93. The molecule has 0 saturated heterocycles. The molecule has 1 heterocycles. The standard InChI is InChI=1S/C20H25N3O4/c1-5-27-17-9-7-6-8-15(17)20(25)23-12-18(24)22-11-16-14(3)19(26-4)13(2)10-21-16/h6-10H,5,11-12H2,1-4H3,(H,22,24)(H,23,25). The summed E-state index contributed by atoms with van der Waals surface area (Å²) in [7, 11) is 1.60. The number of nitrogens with zero attached hydrogens (tertiary/aromatic N) is 1. The number of hydrogen-bond acceptors (Lipinski definition) is 5. The minimum absolute atomic E-state index is 0.138. The van der Waals surface area contributed by atoms with Crippen LogP contribution in [0.25, 0.3) is 0 Å². The van der Waals surface area contributed by atoms with Gasteiger partial charge < -0.3 is 20.1 Å². The summed E-state index contributed by atoms with van der Waals surface area (Å²) in [4.78, 5) is 28.7. The van der Waals surface area contributed by atoms with E-state index in [1.54, 1.807) is 37.6 Å². The summed E-state index contributed by atoms with van der Waals surface area (Å²) >= 11 is 0. The summed E-state index contributed by atoms with van der Waals surface area (Å²) in [6.07, 6.45) is 1.71. The number of rotatable bonds is 8. The third-order valence-corrected chi connectivity index (χ3v) is 4.04. The van der Waals surface area contributed by atoms with Gasteiger partial charge in [0.1, 0.15) is 11.5 Å². The minimum atomic E-state index is -0.361. The van der Waals surface area contributed by atoms with Crippen molar-refractivity contribution >= 4 is 11.8 Å². The maximum absolute atomic E-state index is 12.3. The number of para-hydroxylation sites is 1. The number of methoxy groups -OCH3 is 1. The molecule has 27 heavy (non-hydrogen) atoms. The minimum Gasteiger partial charge on any atom is -0.496 e. The van der Waals surface area contributed by atoms with Crippen LogP contribution in [-0.4, -0.2) is 37.1 Å². The number of amides is 2. The molecule has 2 aromatic rings. The number of pyridine rings is 1. The van der Waals surface area contributed by atoms with E-state index >= 15 is 0 Å². The normalized spacial score (nSPS) is 10.2. The SMILES string of the molecule is CCOc1ccccc1C(=O)NCC(=O)NCc1ncc(C)c(OC)c1C. The molecule has 0 atom stereocenters. The molecule has 0 radical (unpaired) electrons. The van der Waals surface area contributed by atoms with Crippen LogP contribution in [0.5, 0.6) is 11.5 Å². The Morgan fingerprint density at radius 1 is 1.15 bits per heavy atom. The average Bonchev–Trinajstić information content (AvgIpc) is 2.66. The molecule has 0 saturated carbocycles. The van der Waals surface area contributed by atoms with E-state index in [0.29, 0.717) is 17.9 Å². The molecule has 0 aliphatic carbocycles. The van der Waals surface area contributed by atoms with Gasteiger partial charge in [-0.25, -0.2) is 0 Å². The van der Waals surface area contributed by atoms with E-state index in [2.05, 4.69) is 15.6 Å². The highest BCUT2D eigenvalue weighted by molar-refractivity contribution is 5.98. The van der Waals surface area contributed by atoms with Gasteiger partial charge in [0, 0.05) is 17.3 Å². The van der Waals surface area contributed by atoms with E-state index in [-0.39, 0.29) is 24.9 Å². The number of benzene rings is 1. The lowest BCUT2D eigenvalue weighted by Gasteiger charge is -2.13. The van der Waals surface area contributed by atoms with Crippen LogP contribution in [0.2, 0.25) is 0 Å². The summed E-state index contributed by atoms with van der Waals surface area (Å²) in [5, 5.41) is 5.36. The van der Waals surface area contributed by atoms with Gasteiger partial charge in [0.2, 0.25) is 5.91 Å². The molecule has 0 unspecified atom stereocenters. The molecule has 1 aromatic carbocycles. The summed E-state index contributed by atoms with van der Waals surface area (Å²) < 4.78 is 10.8. The molecule has 0 bridgehead atoms. The topological polar surface area (TPSA) is 89.5 Å². The van der Waals surface area contributed by atoms with E-state index in [9.17, 15) is 9.59 Å². The number of carbonyl (C=O) groups excluding carboxylic acids is 2. The fourth-order valence-electron chi connectivity index (χ4n) is 2.69. The van der Waals surface area contributed by atoms with Crippen LogP contribution in [0, 0.1) is 13.8 Å². The fraction of sp³-hybridized carbons (Fsp3) is 0.350. The Bertz CT molecular complexity index is 821. The van der Waals surface area contributed by atoms with Crippen molar-refractivity contribution in [3.8, 4) is 11.5 Å². The Hall–Kier alpha value is -3.09. The summed E-state index contributed by atoms with van der Waals surface area (Å²) in [5.74, 6) is 0.582. The van der Waals surface area contributed by atoms with E-state index in [1.807, 2.05) is 20.8 Å². The zero-order valence-corrected chi connectivity index (χ0v) is 16.1. The Balaban J connectivity index is 1.91. The lowest BCUT2D eigenvalue weighted by Crippen LogP contribution is -2.37. The van der Waals surface area contributed by atoms with E-state index in [0.717, 1.165) is 22.6 Å². The molecular weight excluding hydrogens is 346 g/mol. The van der Waals surface area contributed by atoms with Gasteiger partial charge in [-0.15, -0.1) is 0 Å². The van der Waals surface area contributed by atoms with Crippen LogP contribution >= 0.6 is 0 Å². The predicted molar refractivity (Wildman–Crippen MR) is 102 cm³/mol. The molecule has 0 spiro atoms. The highest BCUT2D eigenvalue weighted by atomic mass is 16.5. The van der Waals surface area contributed by atoms with Crippen molar-refractivity contribution in [2.24, 2.45) is 0 Å². The van der Waals surface area contributed by atoms with Gasteiger partial charge in [0.05, 0.1) is 38.1 Å². The molecule has 0 fully saturated rings. The Morgan fingerprint density at radius 3 is 2.59 bits per heavy atom. The molecule has 2 N–H and O–H groups in total. The van der Waals surface area contributed by atoms with E-state index < -0.39 is 0 Å². The zero-order chi connectivity index (χ0) is 19.8. The largest absolute Gasteiger partial charge is 0.496 e. The van der Waals surface area contributed by atoms with E-state index in [4.69, 9.17) is 9.47 Å². The Kier molecular flexibility index (Phi) is 7.16. The first-order chi connectivity index (χ1) is 13.0. The van der Waals surface area contributed by atoms with Gasteiger partial charge in [-0.3, -0.25) is 14.6 Å². The molecule has 0 aliphatic heterocycles. The number of nitrogens with one attached hydrogen (secondary N) is 2. The second kappa shape index (κ2) is 9.56. The molecular formula is C20H25N3O4. The van der Waals surface area contributed by atoms with Crippen LogP contribution in [-0.2, 0) is 11.3 Å². The van der Waals surface area contributed by atoms with Gasteiger partial charge in [-0.2, -0.15) is 0 Å². The van der Waals surface area contributed by atoms with Gasteiger partial charge >= 0.3 is 0 Å². The van der Waals surface area contributed by atoms with E-state index in [1.165, 1.54) is 0 Å². The van der Waals surface area contributed by atoms with Crippen molar-refractivity contribution in [3.63, 3.8) is 0 Å². The first-order valence-corrected chi connectivity index (χ1v) is 8.73. The first kappa shape index (κ1) is 20.2. The number of aryl methyl sites for hydroxylation is 1. The Morgan fingerprint density at radius 2 is 1.89 bits per heavy atom. The van der Waals surface area contributed by atoms with Crippen molar-refractivity contribution in [1.29, 1.82) is 0 Å². The van der Waals surface area contributed by atoms with Crippen LogP contribution in [0.15, 0.2) is 30.5 Å². The van der Waals surface area contributed by atoms with Crippen molar-refractivity contribution in [3.05, 3.63) is 52.8 Å². The van der Waals surface area contributed by atoms with Crippen molar-refractivity contribution in [1.82, 2.24) is 15.6 Å². The third kappa shape index (κ3) is 5.20. The number of ether oxygens (including phenoxy) is 2. The second-order valence-corrected chi connectivity index (χ2v) is 5.93. The van der Waals surface area contributed by atoms with Gasteiger partial charge in [-0.1, -0.05) is 12.1 Å². The molecule has 1 aromatic heterocycles. The Labute approximate surface area is 159 Å². The molecule has 2 amide bonds. The highest BCUT2D eigenvalue weighted by Crippen LogP contribution is 2.23. The summed E-state index contributed by atoms with van der Waals surface area (Å²) in [5.41, 5.74) is 2.93. The van der Waals surface area contributed by atoms with Crippen LogP contribution in [0.3, 0.4) is 0 Å². The lowest BCUT2D eigenvalue weighted by atomic mass is 10.1. The first-order valence-electron chi connectivity index (χ1n) is 8.73. The van der Waals surface area contributed by atoms with Crippen LogP contribution in [0.4, 0.5) is 0 Å². The molecule has 7 heteroatoms. The molecule has 7 nitrogen and oxygen atoms in total. The van der Waals surface area contributed by atoms with Crippen molar-refractivity contribution in [2.75, 3.05) is 20.3 Å². The van der Waals surface area contributed by atoms with Crippen LogP contribution in [0.1, 0.15) is 34.1 Å². The zero-order valence-electron chi connectivity index (χ0n) is 16.1. The number of carbonyl (C=O) groups is 2. The third-order valence-electron chi connectivity index (χ3n) is 4.04. The van der Waals surface area contributed by atoms with Crippen molar-refractivity contribution in [2.45, 2.75) is 27.3 Å². The van der Waals surface area contributed by atoms with Crippen molar-refractivity contribution < 1.29 is 19.1 Å². The maximum atomic E-state index is 12.3.